The van der Waals surface area contributed by atoms with E-state index in [0.717, 1.165) is 11.3 Å². The summed E-state index contributed by atoms with van der Waals surface area (Å²) in [5, 5.41) is 14.7. The minimum absolute atomic E-state index is 0.394. The molecule has 0 unspecified atom stereocenters. The van der Waals surface area contributed by atoms with Gasteiger partial charge < -0.3 is 15.0 Å². The molecule has 1 aliphatic rings. The Morgan fingerprint density at radius 3 is 2.76 bits per heavy atom. The van der Waals surface area contributed by atoms with Gasteiger partial charge in [0.2, 0.25) is 0 Å². The zero-order chi connectivity index (χ0) is 21.2. The second kappa shape index (κ2) is 8.79. The minimum atomic E-state index is -0.677. The first-order valence-electron chi connectivity index (χ1n) is 8.89. The number of amides is 2. The summed E-state index contributed by atoms with van der Waals surface area (Å²) in [5.41, 5.74) is 1.40. The summed E-state index contributed by atoms with van der Waals surface area (Å²) in [5.74, 6) is 0.719. The van der Waals surface area contributed by atoms with E-state index in [1.165, 1.54) is 11.8 Å². The lowest BCUT2D eigenvalue weighted by molar-refractivity contribution is -0.115. The molecule has 154 valence electrons. The molecule has 2 aromatic carbocycles. The van der Waals surface area contributed by atoms with Crippen molar-refractivity contribution in [1.29, 1.82) is 0 Å². The Hall–Kier alpha value is -2.00. The van der Waals surface area contributed by atoms with Crippen LogP contribution in [0.4, 0.5) is 10.5 Å². The lowest BCUT2D eigenvalue weighted by Gasteiger charge is -2.37. The molecule has 2 amide bonds. The summed E-state index contributed by atoms with van der Waals surface area (Å²) in [6.07, 6.45) is -0.677. The first-order chi connectivity index (χ1) is 13.7. The van der Waals surface area contributed by atoms with E-state index in [-0.39, 0.29) is 0 Å². The fourth-order valence-corrected chi connectivity index (χ4v) is 5.33. The van der Waals surface area contributed by atoms with Crippen LogP contribution in [0, 0.1) is 0 Å². The van der Waals surface area contributed by atoms with Gasteiger partial charge >= 0.3 is 6.03 Å². The van der Waals surface area contributed by atoms with Gasteiger partial charge in [-0.05, 0) is 38.1 Å². The van der Waals surface area contributed by atoms with Crippen molar-refractivity contribution in [2.24, 2.45) is 0 Å². The van der Waals surface area contributed by atoms with Gasteiger partial charge in [0.15, 0.2) is 0 Å². The van der Waals surface area contributed by atoms with Crippen molar-refractivity contribution in [2.75, 3.05) is 12.4 Å². The molecule has 0 aromatic heterocycles. The highest BCUT2D eigenvalue weighted by atomic mass is 35.5. The molecule has 9 heteroatoms. The van der Waals surface area contributed by atoms with Crippen LogP contribution in [0.15, 0.2) is 48.5 Å². The maximum absolute atomic E-state index is 12.7. The first-order valence-corrected chi connectivity index (χ1v) is 10.5. The zero-order valence-corrected chi connectivity index (χ0v) is 18.6. The normalized spacial score (nSPS) is 17.9. The number of benzene rings is 2. The molecular formula is C20H22ClN3O3S2. The Morgan fingerprint density at radius 1 is 1.34 bits per heavy atom. The molecule has 3 rings (SSSR count). The number of thiocarbonyl (C=S) groups is 1. The van der Waals surface area contributed by atoms with Gasteiger partial charge in [-0.15, -0.1) is 0 Å². The average molecular weight is 452 g/mol. The van der Waals surface area contributed by atoms with E-state index in [2.05, 4.69) is 5.32 Å². The fraction of sp³-hybridized carbons (Fsp3) is 0.300. The standard InChI is InChI=1S/C20H22ClN3O3S2/c1-20(2)17(24(26)18(25)22-15-9-6-8-14(21)11-15)23(19(28)29-20)12-13-7-4-5-10-16(13)27-3/h4-11,17,26H,12H2,1-3H3,(H,22,25)/t17-/m0/s1. The maximum Gasteiger partial charge on any atom is 0.347 e. The van der Waals surface area contributed by atoms with Gasteiger partial charge in [0, 0.05) is 16.3 Å². The van der Waals surface area contributed by atoms with Crippen LogP contribution in [-0.2, 0) is 6.54 Å². The molecule has 1 atom stereocenters. The van der Waals surface area contributed by atoms with Crippen LogP contribution in [0.2, 0.25) is 5.02 Å². The van der Waals surface area contributed by atoms with Crippen LogP contribution in [0.25, 0.3) is 0 Å². The molecule has 1 fully saturated rings. The summed E-state index contributed by atoms with van der Waals surface area (Å²) in [7, 11) is 1.61. The lowest BCUT2D eigenvalue weighted by atomic mass is 10.1. The van der Waals surface area contributed by atoms with E-state index in [9.17, 15) is 10.0 Å². The molecule has 1 heterocycles. The third kappa shape index (κ3) is 4.78. The average Bonchev–Trinajstić information content (AvgIpc) is 2.89. The number of rotatable bonds is 5. The number of nitrogens with one attached hydrogen (secondary N) is 1. The number of thioether (sulfide) groups is 1. The van der Waals surface area contributed by atoms with E-state index in [0.29, 0.717) is 26.6 Å². The molecule has 0 bridgehead atoms. The van der Waals surface area contributed by atoms with Crippen LogP contribution in [0.5, 0.6) is 5.75 Å². The Labute approximate surface area is 184 Å². The predicted molar refractivity (Wildman–Crippen MR) is 121 cm³/mol. The molecule has 6 nitrogen and oxygen atoms in total. The van der Waals surface area contributed by atoms with Gasteiger partial charge in [0.05, 0.1) is 18.4 Å². The third-order valence-electron chi connectivity index (χ3n) is 4.55. The van der Waals surface area contributed by atoms with E-state index < -0.39 is 16.9 Å². The smallest absolute Gasteiger partial charge is 0.347 e. The van der Waals surface area contributed by atoms with Crippen molar-refractivity contribution in [3.05, 3.63) is 59.1 Å². The molecular weight excluding hydrogens is 430 g/mol. The summed E-state index contributed by atoms with van der Waals surface area (Å²) >= 11 is 13.0. The number of nitrogens with zero attached hydrogens (tertiary/aromatic N) is 2. The number of hydroxylamine groups is 2. The Kier molecular flexibility index (Phi) is 6.58. The summed E-state index contributed by atoms with van der Waals surface area (Å²) < 4.78 is 5.50. The summed E-state index contributed by atoms with van der Waals surface area (Å²) in [6.45, 7) is 4.27. The largest absolute Gasteiger partial charge is 0.496 e. The van der Waals surface area contributed by atoms with Crippen LogP contribution in [0.3, 0.4) is 0 Å². The van der Waals surface area contributed by atoms with Crippen molar-refractivity contribution in [1.82, 2.24) is 9.96 Å². The van der Waals surface area contributed by atoms with E-state index >= 15 is 0 Å². The Balaban J connectivity index is 1.84. The highest BCUT2D eigenvalue weighted by Gasteiger charge is 2.49. The van der Waals surface area contributed by atoms with Gasteiger partial charge in [-0.3, -0.25) is 5.21 Å². The molecule has 1 saturated heterocycles. The number of para-hydroxylation sites is 1. The van der Waals surface area contributed by atoms with Crippen molar-refractivity contribution >= 4 is 51.6 Å². The Bertz CT molecular complexity index is 925. The van der Waals surface area contributed by atoms with Crippen LogP contribution in [-0.4, -0.2) is 43.5 Å². The van der Waals surface area contributed by atoms with Crippen LogP contribution < -0.4 is 10.1 Å². The van der Waals surface area contributed by atoms with E-state index in [4.69, 9.17) is 28.6 Å². The molecule has 0 saturated carbocycles. The monoisotopic (exact) mass is 451 g/mol. The van der Waals surface area contributed by atoms with Gasteiger partial charge in [0.25, 0.3) is 0 Å². The number of ether oxygens (including phenoxy) is 1. The fourth-order valence-electron chi connectivity index (χ4n) is 3.26. The SMILES string of the molecule is COc1ccccc1CN1C(=S)SC(C)(C)[C@@H]1N(O)C(=O)Nc1cccc(Cl)c1. The van der Waals surface area contributed by atoms with E-state index in [1.54, 1.807) is 31.4 Å². The summed E-state index contributed by atoms with van der Waals surface area (Å²) in [6, 6.07) is 13.7. The molecule has 2 aromatic rings. The number of halogens is 1. The molecule has 1 aliphatic heterocycles. The number of carbonyl (C=O) groups is 1. The topological polar surface area (TPSA) is 65.0 Å². The van der Waals surface area contributed by atoms with Gasteiger partial charge in [0.1, 0.15) is 16.2 Å². The third-order valence-corrected chi connectivity index (χ3v) is 6.42. The first kappa shape index (κ1) is 21.7. The molecule has 2 N–H and O–H groups in total. The van der Waals surface area contributed by atoms with Crippen molar-refractivity contribution < 1.29 is 14.7 Å². The highest BCUT2D eigenvalue weighted by Crippen LogP contribution is 2.43. The number of anilines is 1. The van der Waals surface area contributed by atoms with Gasteiger partial charge in [-0.2, -0.15) is 5.06 Å². The number of hydrogen-bond donors (Lipinski definition) is 2. The lowest BCUT2D eigenvalue weighted by Crippen LogP contribution is -2.55. The second-order valence-corrected chi connectivity index (χ2v) is 9.79. The molecule has 29 heavy (non-hydrogen) atoms. The number of methoxy groups -OCH3 is 1. The van der Waals surface area contributed by atoms with Crippen molar-refractivity contribution in [3.8, 4) is 5.75 Å². The molecule has 0 spiro atoms. The maximum atomic E-state index is 12.7. The Morgan fingerprint density at radius 2 is 2.07 bits per heavy atom. The predicted octanol–water partition coefficient (Wildman–Crippen LogP) is 5.21. The van der Waals surface area contributed by atoms with Crippen molar-refractivity contribution in [2.45, 2.75) is 31.3 Å². The number of urea groups is 1. The van der Waals surface area contributed by atoms with Gasteiger partial charge in [-0.1, -0.05) is 59.8 Å². The van der Waals surface area contributed by atoms with Crippen molar-refractivity contribution in [3.63, 3.8) is 0 Å². The minimum Gasteiger partial charge on any atom is -0.496 e. The van der Waals surface area contributed by atoms with Crippen LogP contribution in [0.1, 0.15) is 19.4 Å². The van der Waals surface area contributed by atoms with Crippen LogP contribution >= 0.6 is 35.6 Å². The number of hydrogen-bond acceptors (Lipinski definition) is 5. The zero-order valence-electron chi connectivity index (χ0n) is 16.3. The van der Waals surface area contributed by atoms with Gasteiger partial charge in [-0.25, -0.2) is 4.79 Å². The molecule has 0 aliphatic carbocycles. The quantitative estimate of drug-likeness (QED) is 0.369. The number of carbonyl (C=O) groups excluding carboxylic acids is 1. The van der Waals surface area contributed by atoms with E-state index in [1.807, 2.05) is 43.0 Å². The molecule has 0 radical (unpaired) electrons. The highest BCUT2D eigenvalue weighted by molar-refractivity contribution is 8.24. The summed E-state index contributed by atoms with van der Waals surface area (Å²) in [4.78, 5) is 14.6. The second-order valence-electron chi connectivity index (χ2n) is 7.07.